The Bertz CT molecular complexity index is 265. The van der Waals surface area contributed by atoms with E-state index in [-0.39, 0.29) is 24.6 Å². The van der Waals surface area contributed by atoms with Crippen LogP contribution in [-0.4, -0.2) is 43.3 Å². The van der Waals surface area contributed by atoms with Gasteiger partial charge in [0.25, 0.3) is 0 Å². The van der Waals surface area contributed by atoms with E-state index in [4.69, 9.17) is 4.74 Å². The third-order valence-electron chi connectivity index (χ3n) is 2.62. The predicted octanol–water partition coefficient (Wildman–Crippen LogP) is 0.781. The minimum absolute atomic E-state index is 0.0110. The van der Waals surface area contributed by atoms with Gasteiger partial charge in [0, 0.05) is 19.6 Å². The molecule has 0 bridgehead atoms. The van der Waals surface area contributed by atoms with E-state index in [1.165, 1.54) is 7.11 Å². The highest BCUT2D eigenvalue weighted by Crippen LogP contribution is 2.20. The molecule has 1 amide bonds. The molecular weight excluding hydrogens is 210 g/mol. The molecule has 1 fully saturated rings. The Balaban J connectivity index is 2.58. The number of hydrogen-bond acceptors (Lipinski definition) is 4. The molecule has 1 heterocycles. The molecule has 1 atom stereocenters. The number of nitrogens with zero attached hydrogens (tertiary/aromatic N) is 1. The molecule has 0 aromatic carbocycles. The summed E-state index contributed by atoms with van der Waals surface area (Å²) in [6, 6.07) is -0.426. The quantitative estimate of drug-likeness (QED) is 0.528. The Kier molecular flexibility index (Phi) is 4.73. The Morgan fingerprint density at radius 3 is 2.69 bits per heavy atom. The minimum atomic E-state index is -0.426. The van der Waals surface area contributed by atoms with Gasteiger partial charge >= 0.3 is 5.97 Å². The van der Waals surface area contributed by atoms with Crippen LogP contribution >= 0.6 is 0 Å². The molecule has 0 N–H and O–H groups in total. The molecule has 0 saturated carbocycles. The average Bonchev–Trinajstić information content (AvgIpc) is 2.73. The van der Waals surface area contributed by atoms with Crippen molar-refractivity contribution in [3.8, 4) is 0 Å². The van der Waals surface area contributed by atoms with Crippen molar-refractivity contribution < 1.29 is 19.1 Å². The average molecular weight is 229 g/mol. The lowest BCUT2D eigenvalue weighted by molar-refractivity contribution is -0.162. The van der Waals surface area contributed by atoms with Crippen molar-refractivity contribution in [1.29, 1.82) is 0 Å². The molecule has 16 heavy (non-hydrogen) atoms. The second-order valence-corrected chi connectivity index (χ2v) is 4.21. The first-order chi connectivity index (χ1) is 7.57. The lowest BCUT2D eigenvalue weighted by Gasteiger charge is -2.24. The number of carbonyl (C=O) groups excluding carboxylic acids is 2. The Labute approximate surface area is 95.7 Å². The number of amides is 1. The molecular formula is C11H19NO4. The fourth-order valence-electron chi connectivity index (χ4n) is 1.82. The number of hydrogen-bond donors (Lipinski definition) is 0. The van der Waals surface area contributed by atoms with Crippen LogP contribution in [-0.2, 0) is 19.1 Å². The van der Waals surface area contributed by atoms with Gasteiger partial charge < -0.3 is 14.4 Å². The van der Waals surface area contributed by atoms with Gasteiger partial charge in [-0.1, -0.05) is 13.8 Å². The van der Waals surface area contributed by atoms with E-state index < -0.39 is 6.04 Å². The van der Waals surface area contributed by atoms with E-state index in [9.17, 15) is 9.59 Å². The normalized spacial score (nSPS) is 20.2. The van der Waals surface area contributed by atoms with Crippen molar-refractivity contribution in [2.45, 2.75) is 32.7 Å². The number of esters is 1. The summed E-state index contributed by atoms with van der Waals surface area (Å²) in [7, 11) is 1.46. The van der Waals surface area contributed by atoms with Crippen LogP contribution in [0.15, 0.2) is 0 Å². The number of likely N-dealkylation sites (tertiary alicyclic amines) is 1. The molecule has 0 unspecified atom stereocenters. The van der Waals surface area contributed by atoms with Gasteiger partial charge in [-0.2, -0.15) is 0 Å². The van der Waals surface area contributed by atoms with Gasteiger partial charge in [0.1, 0.15) is 6.04 Å². The van der Waals surface area contributed by atoms with Crippen LogP contribution in [0.1, 0.15) is 26.7 Å². The number of carbonyl (C=O) groups is 2. The van der Waals surface area contributed by atoms with E-state index >= 15 is 0 Å². The van der Waals surface area contributed by atoms with Gasteiger partial charge in [-0.05, 0) is 12.8 Å². The summed E-state index contributed by atoms with van der Waals surface area (Å²) in [5.74, 6) is -0.443. The summed E-state index contributed by atoms with van der Waals surface area (Å²) in [6.07, 6.45) is 1.53. The van der Waals surface area contributed by atoms with E-state index in [0.29, 0.717) is 13.0 Å². The van der Waals surface area contributed by atoms with Crippen molar-refractivity contribution >= 4 is 11.9 Å². The molecule has 1 rings (SSSR count). The van der Waals surface area contributed by atoms with Crippen LogP contribution < -0.4 is 0 Å². The van der Waals surface area contributed by atoms with Crippen molar-refractivity contribution in [1.82, 2.24) is 4.90 Å². The predicted molar refractivity (Wildman–Crippen MR) is 57.5 cm³/mol. The first kappa shape index (κ1) is 13.0. The SMILES string of the molecule is COCOC(=O)[C@@H]1CCCN1C(=O)C(C)C. The van der Waals surface area contributed by atoms with Crippen LogP contribution in [0.25, 0.3) is 0 Å². The zero-order valence-electron chi connectivity index (χ0n) is 10.1. The van der Waals surface area contributed by atoms with Crippen molar-refractivity contribution in [2.75, 3.05) is 20.4 Å². The van der Waals surface area contributed by atoms with E-state index in [1.807, 2.05) is 13.8 Å². The Hall–Kier alpha value is -1.10. The van der Waals surface area contributed by atoms with Gasteiger partial charge in [-0.15, -0.1) is 0 Å². The van der Waals surface area contributed by atoms with Gasteiger partial charge in [0.15, 0.2) is 6.79 Å². The van der Waals surface area contributed by atoms with Gasteiger partial charge in [0.2, 0.25) is 5.91 Å². The zero-order chi connectivity index (χ0) is 12.1. The lowest BCUT2D eigenvalue weighted by atomic mass is 10.1. The summed E-state index contributed by atoms with van der Waals surface area (Å²) < 4.78 is 9.55. The molecule has 0 radical (unpaired) electrons. The Morgan fingerprint density at radius 2 is 2.12 bits per heavy atom. The largest absolute Gasteiger partial charge is 0.437 e. The topological polar surface area (TPSA) is 55.8 Å². The highest BCUT2D eigenvalue weighted by atomic mass is 16.7. The lowest BCUT2D eigenvalue weighted by Crippen LogP contribution is -2.43. The molecule has 92 valence electrons. The minimum Gasteiger partial charge on any atom is -0.437 e. The highest BCUT2D eigenvalue weighted by Gasteiger charge is 2.35. The van der Waals surface area contributed by atoms with E-state index in [2.05, 4.69) is 4.74 Å². The summed E-state index contributed by atoms with van der Waals surface area (Å²) >= 11 is 0. The zero-order valence-corrected chi connectivity index (χ0v) is 10.1. The van der Waals surface area contributed by atoms with Crippen LogP contribution in [0.2, 0.25) is 0 Å². The second-order valence-electron chi connectivity index (χ2n) is 4.21. The van der Waals surface area contributed by atoms with E-state index in [0.717, 1.165) is 6.42 Å². The smallest absolute Gasteiger partial charge is 0.330 e. The fourth-order valence-corrected chi connectivity index (χ4v) is 1.82. The van der Waals surface area contributed by atoms with Crippen LogP contribution in [0.5, 0.6) is 0 Å². The first-order valence-electron chi connectivity index (χ1n) is 5.54. The molecule has 1 saturated heterocycles. The van der Waals surface area contributed by atoms with E-state index in [1.54, 1.807) is 4.90 Å². The molecule has 5 nitrogen and oxygen atoms in total. The van der Waals surface area contributed by atoms with Crippen LogP contribution in [0.4, 0.5) is 0 Å². The summed E-state index contributed by atoms with van der Waals surface area (Å²) in [4.78, 5) is 25.1. The molecule has 0 aliphatic carbocycles. The molecule has 0 aromatic rings. The highest BCUT2D eigenvalue weighted by molar-refractivity contribution is 5.86. The second kappa shape index (κ2) is 5.84. The number of ether oxygens (including phenoxy) is 2. The number of rotatable bonds is 4. The molecule has 5 heteroatoms. The van der Waals surface area contributed by atoms with Crippen molar-refractivity contribution in [3.05, 3.63) is 0 Å². The maximum absolute atomic E-state index is 11.8. The molecule has 1 aliphatic rings. The molecule has 0 aromatic heterocycles. The third-order valence-corrected chi connectivity index (χ3v) is 2.62. The maximum atomic E-state index is 11.8. The summed E-state index contributed by atoms with van der Waals surface area (Å²) in [6.45, 7) is 4.25. The van der Waals surface area contributed by atoms with Crippen molar-refractivity contribution in [2.24, 2.45) is 5.92 Å². The van der Waals surface area contributed by atoms with Crippen LogP contribution in [0.3, 0.4) is 0 Å². The van der Waals surface area contributed by atoms with Gasteiger partial charge in [-0.3, -0.25) is 4.79 Å². The summed E-state index contributed by atoms with van der Waals surface area (Å²) in [5.41, 5.74) is 0. The summed E-state index contributed by atoms with van der Waals surface area (Å²) in [5, 5.41) is 0. The Morgan fingerprint density at radius 1 is 1.44 bits per heavy atom. The van der Waals surface area contributed by atoms with Crippen molar-refractivity contribution in [3.63, 3.8) is 0 Å². The molecule has 1 aliphatic heterocycles. The van der Waals surface area contributed by atoms with Gasteiger partial charge in [-0.25, -0.2) is 4.79 Å². The third kappa shape index (κ3) is 2.95. The number of methoxy groups -OCH3 is 1. The van der Waals surface area contributed by atoms with Crippen LogP contribution in [0, 0.1) is 5.92 Å². The fraction of sp³-hybridized carbons (Fsp3) is 0.818. The molecule has 0 spiro atoms. The standard InChI is InChI=1S/C11H19NO4/c1-8(2)10(13)12-6-4-5-9(12)11(14)16-7-15-3/h8-9H,4-7H2,1-3H3/t9-/m0/s1. The monoisotopic (exact) mass is 229 g/mol. The maximum Gasteiger partial charge on any atom is 0.330 e. The first-order valence-corrected chi connectivity index (χ1v) is 5.54. The van der Waals surface area contributed by atoms with Gasteiger partial charge in [0.05, 0.1) is 0 Å².